The second-order valence-corrected chi connectivity index (χ2v) is 4.09. The molecule has 0 amide bonds. The van der Waals surface area contributed by atoms with E-state index in [1.165, 1.54) is 32.1 Å². The van der Waals surface area contributed by atoms with Gasteiger partial charge in [-0.05, 0) is 30.2 Å². The molecule has 1 unspecified atom stereocenters. The lowest BCUT2D eigenvalue weighted by Gasteiger charge is -2.25. The van der Waals surface area contributed by atoms with Gasteiger partial charge in [0, 0.05) is 0 Å². The summed E-state index contributed by atoms with van der Waals surface area (Å²) in [4.78, 5) is 1.83. The van der Waals surface area contributed by atoms with Gasteiger partial charge in [0.25, 0.3) is 0 Å². The highest BCUT2D eigenvalue weighted by molar-refractivity contribution is 9.11. The average Bonchev–Trinajstić information content (AvgIpc) is 2.15. The van der Waals surface area contributed by atoms with Gasteiger partial charge >= 0.3 is 0 Å². The molecule has 0 bridgehead atoms. The summed E-state index contributed by atoms with van der Waals surface area (Å²) in [5.74, 6) is 0.558. The number of aliphatic hydroxyl groups excluding tert-OH is 1. The number of halogens is 1. The summed E-state index contributed by atoms with van der Waals surface area (Å²) in [7, 11) is 0. The number of rotatable bonds is 3. The zero-order valence-corrected chi connectivity index (χ0v) is 8.96. The second-order valence-electron chi connectivity index (χ2n) is 3.56. The maximum absolute atomic E-state index is 9.73. The average molecular weight is 233 g/mol. The summed E-state index contributed by atoms with van der Waals surface area (Å²) in [6.45, 7) is 0. The number of aliphatic hydroxyl groups is 1. The van der Waals surface area contributed by atoms with E-state index in [0.717, 1.165) is 6.42 Å². The molecule has 1 aliphatic rings. The zero-order valence-electron chi connectivity index (χ0n) is 7.38. The standard InChI is InChI=1S/C10H17BrO/c11-8-4-7-10(12)9-5-2-1-3-6-9/h4,8-10,12H,1-3,5-7H2/b8-4-. The molecule has 1 nitrogen and oxygen atoms in total. The van der Waals surface area contributed by atoms with Gasteiger partial charge in [0.1, 0.15) is 0 Å². The van der Waals surface area contributed by atoms with Crippen molar-refractivity contribution in [2.45, 2.75) is 44.6 Å². The molecular formula is C10H17BrO. The van der Waals surface area contributed by atoms with E-state index >= 15 is 0 Å². The molecule has 0 aromatic rings. The van der Waals surface area contributed by atoms with Crippen LogP contribution in [0.25, 0.3) is 0 Å². The topological polar surface area (TPSA) is 20.2 Å². The fourth-order valence-electron chi connectivity index (χ4n) is 1.90. The Balaban J connectivity index is 2.24. The molecule has 1 fully saturated rings. The van der Waals surface area contributed by atoms with E-state index in [0.29, 0.717) is 5.92 Å². The Kier molecular flexibility index (Phi) is 4.93. The van der Waals surface area contributed by atoms with Gasteiger partial charge in [-0.2, -0.15) is 0 Å². The Labute approximate surface area is 83.0 Å². The summed E-state index contributed by atoms with van der Waals surface area (Å²) >= 11 is 3.21. The predicted octanol–water partition coefficient (Wildman–Crippen LogP) is 3.23. The van der Waals surface area contributed by atoms with Gasteiger partial charge in [-0.1, -0.05) is 41.3 Å². The minimum Gasteiger partial charge on any atom is -0.393 e. The third kappa shape index (κ3) is 3.28. The van der Waals surface area contributed by atoms with Crippen LogP contribution in [0, 0.1) is 5.92 Å². The summed E-state index contributed by atoms with van der Waals surface area (Å²) in [5.41, 5.74) is 0. The first-order chi connectivity index (χ1) is 5.84. The van der Waals surface area contributed by atoms with E-state index in [4.69, 9.17) is 0 Å². The van der Waals surface area contributed by atoms with Gasteiger partial charge in [-0.15, -0.1) is 0 Å². The smallest absolute Gasteiger partial charge is 0.0603 e. The molecule has 0 heterocycles. The molecule has 2 heteroatoms. The minimum atomic E-state index is -0.112. The maximum atomic E-state index is 9.73. The summed E-state index contributed by atoms with van der Waals surface area (Å²) in [6, 6.07) is 0. The van der Waals surface area contributed by atoms with Crippen molar-refractivity contribution in [1.29, 1.82) is 0 Å². The molecule has 1 saturated carbocycles. The van der Waals surface area contributed by atoms with E-state index in [1.807, 2.05) is 11.1 Å². The summed E-state index contributed by atoms with van der Waals surface area (Å²) in [5, 5.41) is 9.73. The van der Waals surface area contributed by atoms with Crippen molar-refractivity contribution in [3.63, 3.8) is 0 Å². The van der Waals surface area contributed by atoms with Crippen molar-refractivity contribution < 1.29 is 5.11 Å². The molecule has 1 rings (SSSR count). The Hall–Kier alpha value is 0.180. The van der Waals surface area contributed by atoms with Crippen molar-refractivity contribution in [2.24, 2.45) is 5.92 Å². The Morgan fingerprint density at radius 2 is 2.00 bits per heavy atom. The molecule has 0 radical (unpaired) electrons. The first-order valence-electron chi connectivity index (χ1n) is 4.78. The lowest BCUT2D eigenvalue weighted by molar-refractivity contribution is 0.0874. The van der Waals surface area contributed by atoms with E-state index in [9.17, 15) is 5.11 Å². The van der Waals surface area contributed by atoms with Crippen molar-refractivity contribution in [2.75, 3.05) is 0 Å². The molecule has 12 heavy (non-hydrogen) atoms. The highest BCUT2D eigenvalue weighted by atomic mass is 79.9. The monoisotopic (exact) mass is 232 g/mol. The molecule has 0 spiro atoms. The van der Waals surface area contributed by atoms with Gasteiger partial charge in [0.2, 0.25) is 0 Å². The van der Waals surface area contributed by atoms with Crippen molar-refractivity contribution in [3.05, 3.63) is 11.1 Å². The second kappa shape index (κ2) is 5.76. The van der Waals surface area contributed by atoms with Gasteiger partial charge in [0.15, 0.2) is 0 Å². The molecule has 0 aliphatic heterocycles. The number of hydrogen-bond acceptors (Lipinski definition) is 1. The van der Waals surface area contributed by atoms with Crippen molar-refractivity contribution in [3.8, 4) is 0 Å². The molecule has 1 N–H and O–H groups in total. The van der Waals surface area contributed by atoms with E-state index in [-0.39, 0.29) is 6.10 Å². The van der Waals surface area contributed by atoms with Crippen LogP contribution in [0.5, 0.6) is 0 Å². The third-order valence-electron chi connectivity index (χ3n) is 2.66. The van der Waals surface area contributed by atoms with Crippen LogP contribution >= 0.6 is 15.9 Å². The highest BCUT2D eigenvalue weighted by Crippen LogP contribution is 2.27. The van der Waals surface area contributed by atoms with Crippen LogP contribution in [0.3, 0.4) is 0 Å². The Bertz CT molecular complexity index is 139. The van der Waals surface area contributed by atoms with Crippen LogP contribution in [0.4, 0.5) is 0 Å². The molecule has 0 aromatic carbocycles. The van der Waals surface area contributed by atoms with Gasteiger partial charge < -0.3 is 5.11 Å². The maximum Gasteiger partial charge on any atom is 0.0603 e. The predicted molar refractivity (Wildman–Crippen MR) is 55.3 cm³/mol. The van der Waals surface area contributed by atoms with Gasteiger partial charge in [-0.25, -0.2) is 0 Å². The molecule has 1 atom stereocenters. The van der Waals surface area contributed by atoms with Crippen LogP contribution in [0.15, 0.2) is 11.1 Å². The number of hydrogen-bond donors (Lipinski definition) is 1. The Morgan fingerprint density at radius 1 is 1.33 bits per heavy atom. The highest BCUT2D eigenvalue weighted by Gasteiger charge is 2.20. The largest absolute Gasteiger partial charge is 0.393 e. The fraction of sp³-hybridized carbons (Fsp3) is 0.800. The van der Waals surface area contributed by atoms with E-state index < -0.39 is 0 Å². The van der Waals surface area contributed by atoms with Crippen LogP contribution in [0.1, 0.15) is 38.5 Å². The Morgan fingerprint density at radius 3 is 2.58 bits per heavy atom. The summed E-state index contributed by atoms with van der Waals surface area (Å²) in [6.07, 6.45) is 9.08. The lowest BCUT2D eigenvalue weighted by Crippen LogP contribution is -2.21. The van der Waals surface area contributed by atoms with E-state index in [2.05, 4.69) is 15.9 Å². The molecule has 0 aromatic heterocycles. The van der Waals surface area contributed by atoms with Crippen molar-refractivity contribution in [1.82, 2.24) is 0 Å². The molecule has 1 aliphatic carbocycles. The van der Waals surface area contributed by atoms with E-state index in [1.54, 1.807) is 0 Å². The van der Waals surface area contributed by atoms with Crippen LogP contribution in [-0.4, -0.2) is 11.2 Å². The van der Waals surface area contributed by atoms with Crippen molar-refractivity contribution >= 4 is 15.9 Å². The summed E-state index contributed by atoms with van der Waals surface area (Å²) < 4.78 is 0. The molecular weight excluding hydrogens is 216 g/mol. The van der Waals surface area contributed by atoms with Crippen LogP contribution in [0.2, 0.25) is 0 Å². The minimum absolute atomic E-state index is 0.112. The third-order valence-corrected chi connectivity index (χ3v) is 3.03. The van der Waals surface area contributed by atoms with Crippen LogP contribution in [-0.2, 0) is 0 Å². The first-order valence-corrected chi connectivity index (χ1v) is 5.69. The van der Waals surface area contributed by atoms with Gasteiger partial charge in [0.05, 0.1) is 6.10 Å². The SMILES string of the molecule is OC(C/C=C\Br)C1CCCCC1. The molecule has 0 saturated heterocycles. The van der Waals surface area contributed by atoms with Gasteiger partial charge in [-0.3, -0.25) is 0 Å². The zero-order chi connectivity index (χ0) is 8.81. The fourth-order valence-corrected chi connectivity index (χ4v) is 2.12. The normalized spacial score (nSPS) is 23.2. The molecule has 70 valence electrons. The van der Waals surface area contributed by atoms with Crippen LogP contribution < -0.4 is 0 Å². The lowest BCUT2D eigenvalue weighted by atomic mass is 9.84. The quantitative estimate of drug-likeness (QED) is 0.793. The first kappa shape index (κ1) is 10.3.